The number of hydrogen-bond donors (Lipinski definition) is 0. The van der Waals surface area contributed by atoms with E-state index in [0.717, 1.165) is 0 Å². The Bertz CT molecular complexity index is 460. The molecule has 1 aliphatic rings. The monoisotopic (exact) mass is 330 g/mol. The highest BCUT2D eigenvalue weighted by Crippen LogP contribution is 2.32. The first-order valence-electron chi connectivity index (χ1n) is 7.08. The van der Waals surface area contributed by atoms with Crippen LogP contribution < -0.4 is 0 Å². The average Bonchev–Trinajstić information content (AvgIpc) is 2.45. The van der Waals surface area contributed by atoms with Crippen molar-refractivity contribution in [1.82, 2.24) is 0 Å². The van der Waals surface area contributed by atoms with Gasteiger partial charge in [0.15, 0.2) is 18.5 Å². The van der Waals surface area contributed by atoms with Gasteiger partial charge < -0.3 is 23.7 Å². The van der Waals surface area contributed by atoms with Crippen LogP contribution in [0.3, 0.4) is 0 Å². The molecule has 1 heterocycles. The third-order valence-corrected chi connectivity index (χ3v) is 3.25. The molecule has 0 saturated carbocycles. The maximum absolute atomic E-state index is 11.4. The lowest BCUT2D eigenvalue weighted by Crippen LogP contribution is -2.58. The Hall–Kier alpha value is -1.93. The fraction of sp³-hybridized carbons (Fsp3) is 0.667. The van der Waals surface area contributed by atoms with Crippen molar-refractivity contribution in [3.63, 3.8) is 0 Å². The number of methoxy groups -OCH3 is 1. The van der Waals surface area contributed by atoms with Crippen LogP contribution in [-0.2, 0) is 38.1 Å². The van der Waals surface area contributed by atoms with Gasteiger partial charge in [-0.15, -0.1) is 6.58 Å². The maximum atomic E-state index is 11.4. The van der Waals surface area contributed by atoms with E-state index in [9.17, 15) is 14.4 Å². The van der Waals surface area contributed by atoms with Gasteiger partial charge in [0.2, 0.25) is 0 Å². The second kappa shape index (κ2) is 8.64. The summed E-state index contributed by atoms with van der Waals surface area (Å²) >= 11 is 0. The molecule has 130 valence electrons. The van der Waals surface area contributed by atoms with Gasteiger partial charge in [0.25, 0.3) is 0 Å². The highest BCUT2D eigenvalue weighted by Gasteiger charge is 2.49. The first-order valence-corrected chi connectivity index (χ1v) is 7.08. The van der Waals surface area contributed by atoms with Gasteiger partial charge in [-0.2, -0.15) is 0 Å². The Balaban J connectivity index is 3.10. The minimum atomic E-state index is -0.954. The van der Waals surface area contributed by atoms with Crippen molar-refractivity contribution in [2.45, 2.75) is 45.4 Å². The Labute approximate surface area is 134 Å². The summed E-state index contributed by atoms with van der Waals surface area (Å²) in [5.74, 6) is -2.20. The fourth-order valence-corrected chi connectivity index (χ4v) is 2.39. The average molecular weight is 330 g/mol. The minimum Gasteiger partial charge on any atom is -0.463 e. The molecular formula is C15H22O8. The van der Waals surface area contributed by atoms with Crippen LogP contribution in [-0.4, -0.2) is 56.2 Å². The minimum absolute atomic E-state index is 0.172. The van der Waals surface area contributed by atoms with Crippen LogP contribution in [0.15, 0.2) is 12.7 Å². The molecule has 5 unspecified atom stereocenters. The van der Waals surface area contributed by atoms with Gasteiger partial charge >= 0.3 is 17.9 Å². The summed E-state index contributed by atoms with van der Waals surface area (Å²) in [6.07, 6.45) is -1.95. The van der Waals surface area contributed by atoms with E-state index in [0.29, 0.717) is 0 Å². The number of carbonyl (C=O) groups excluding carboxylic acids is 3. The number of ether oxygens (including phenoxy) is 5. The maximum Gasteiger partial charge on any atom is 0.303 e. The molecule has 1 rings (SSSR count). The zero-order valence-corrected chi connectivity index (χ0v) is 13.6. The SMILES string of the molecule is C=CC1C(OC)OC(COC(C)=O)C(OC(C)=O)C1OC(C)=O. The number of rotatable bonds is 6. The van der Waals surface area contributed by atoms with Crippen LogP contribution in [0.4, 0.5) is 0 Å². The Morgan fingerprint density at radius 2 is 1.61 bits per heavy atom. The summed E-state index contributed by atoms with van der Waals surface area (Å²) < 4.78 is 26.4. The fourth-order valence-electron chi connectivity index (χ4n) is 2.39. The third-order valence-electron chi connectivity index (χ3n) is 3.25. The highest BCUT2D eigenvalue weighted by molar-refractivity contribution is 5.67. The van der Waals surface area contributed by atoms with Crippen LogP contribution in [0.2, 0.25) is 0 Å². The quantitative estimate of drug-likeness (QED) is 0.396. The summed E-state index contributed by atoms with van der Waals surface area (Å²) in [5.41, 5.74) is 0. The molecule has 0 radical (unpaired) electrons. The molecule has 8 nitrogen and oxygen atoms in total. The van der Waals surface area contributed by atoms with Crippen LogP contribution in [0, 0.1) is 5.92 Å². The second-order valence-corrected chi connectivity index (χ2v) is 5.04. The predicted molar refractivity (Wildman–Crippen MR) is 77.1 cm³/mol. The first kappa shape index (κ1) is 19.1. The summed E-state index contributed by atoms with van der Waals surface area (Å²) in [7, 11) is 1.42. The van der Waals surface area contributed by atoms with E-state index in [1.54, 1.807) is 0 Å². The first-order chi connectivity index (χ1) is 10.8. The smallest absolute Gasteiger partial charge is 0.303 e. The molecular weight excluding hydrogens is 308 g/mol. The molecule has 1 saturated heterocycles. The molecule has 0 aromatic carbocycles. The van der Waals surface area contributed by atoms with Crippen molar-refractivity contribution in [1.29, 1.82) is 0 Å². The highest BCUT2D eigenvalue weighted by atomic mass is 16.7. The molecule has 0 spiro atoms. The van der Waals surface area contributed by atoms with E-state index in [2.05, 4.69) is 6.58 Å². The van der Waals surface area contributed by atoms with Gasteiger partial charge in [-0.05, 0) is 0 Å². The summed E-state index contributed by atoms with van der Waals surface area (Å²) in [6, 6.07) is 0. The Kier molecular flexibility index (Phi) is 7.18. The second-order valence-electron chi connectivity index (χ2n) is 5.04. The van der Waals surface area contributed by atoms with Crippen LogP contribution in [0.25, 0.3) is 0 Å². The molecule has 0 aromatic rings. The van der Waals surface area contributed by atoms with Gasteiger partial charge in [0, 0.05) is 27.9 Å². The van der Waals surface area contributed by atoms with Crippen molar-refractivity contribution in [2.75, 3.05) is 13.7 Å². The largest absolute Gasteiger partial charge is 0.463 e. The molecule has 0 N–H and O–H groups in total. The van der Waals surface area contributed by atoms with Gasteiger partial charge in [-0.25, -0.2) is 0 Å². The predicted octanol–water partition coefficient (Wildman–Crippen LogP) is 0.586. The summed E-state index contributed by atoms with van der Waals surface area (Å²) in [4.78, 5) is 33.8. The molecule has 1 fully saturated rings. The lowest BCUT2D eigenvalue weighted by molar-refractivity contribution is -0.277. The summed E-state index contributed by atoms with van der Waals surface area (Å²) in [5, 5.41) is 0. The number of hydrogen-bond acceptors (Lipinski definition) is 8. The molecule has 0 aliphatic carbocycles. The van der Waals surface area contributed by atoms with Crippen molar-refractivity contribution in [3.8, 4) is 0 Å². The van der Waals surface area contributed by atoms with E-state index in [1.165, 1.54) is 34.0 Å². The van der Waals surface area contributed by atoms with Crippen LogP contribution in [0.1, 0.15) is 20.8 Å². The van der Waals surface area contributed by atoms with Crippen molar-refractivity contribution >= 4 is 17.9 Å². The molecule has 23 heavy (non-hydrogen) atoms. The summed E-state index contributed by atoms with van der Waals surface area (Å²) in [6.45, 7) is 7.21. The van der Waals surface area contributed by atoms with E-state index in [-0.39, 0.29) is 6.61 Å². The topological polar surface area (TPSA) is 97.4 Å². The molecule has 0 aromatic heterocycles. The Morgan fingerprint density at radius 1 is 1.04 bits per heavy atom. The van der Waals surface area contributed by atoms with E-state index in [1.807, 2.05) is 0 Å². The standard InChI is InChI=1S/C15H22O8/c1-6-11-13(21-9(3)17)14(22-10(4)18)12(7-20-8(2)16)23-15(11)19-5/h6,11-15H,1,7H2,2-5H3. The van der Waals surface area contributed by atoms with Crippen LogP contribution in [0.5, 0.6) is 0 Å². The van der Waals surface area contributed by atoms with Crippen molar-refractivity contribution in [2.24, 2.45) is 5.92 Å². The molecule has 8 heteroatoms. The third kappa shape index (κ3) is 5.33. The normalized spacial score (nSPS) is 30.2. The molecule has 0 bridgehead atoms. The molecule has 0 amide bonds. The van der Waals surface area contributed by atoms with Crippen molar-refractivity contribution in [3.05, 3.63) is 12.7 Å². The molecule has 1 aliphatic heterocycles. The van der Waals surface area contributed by atoms with Gasteiger partial charge in [-0.3, -0.25) is 14.4 Å². The number of carbonyl (C=O) groups is 3. The van der Waals surface area contributed by atoms with Gasteiger partial charge in [0.1, 0.15) is 12.7 Å². The van der Waals surface area contributed by atoms with E-state index >= 15 is 0 Å². The van der Waals surface area contributed by atoms with E-state index in [4.69, 9.17) is 23.7 Å². The van der Waals surface area contributed by atoms with Crippen molar-refractivity contribution < 1.29 is 38.1 Å². The van der Waals surface area contributed by atoms with Gasteiger partial charge in [-0.1, -0.05) is 6.08 Å². The zero-order chi connectivity index (χ0) is 17.6. The van der Waals surface area contributed by atoms with Gasteiger partial charge in [0.05, 0.1) is 5.92 Å². The zero-order valence-electron chi connectivity index (χ0n) is 13.6. The van der Waals surface area contributed by atoms with E-state index < -0.39 is 48.4 Å². The Morgan fingerprint density at radius 3 is 2.04 bits per heavy atom. The number of esters is 3. The van der Waals surface area contributed by atoms with Crippen LogP contribution >= 0.6 is 0 Å². The lowest BCUT2D eigenvalue weighted by Gasteiger charge is -2.43. The molecule has 5 atom stereocenters. The lowest BCUT2D eigenvalue weighted by atomic mass is 9.90.